The van der Waals surface area contributed by atoms with E-state index in [0.717, 1.165) is 30.5 Å². The number of carbonyl (C=O) groups excluding carboxylic acids is 1. The molecule has 0 aromatic heterocycles. The third-order valence-corrected chi connectivity index (χ3v) is 3.96. The maximum atomic E-state index is 12.3. The van der Waals surface area contributed by atoms with Crippen molar-refractivity contribution in [3.05, 3.63) is 35.9 Å². The van der Waals surface area contributed by atoms with Crippen molar-refractivity contribution < 1.29 is 9.63 Å². The Bertz CT molecular complexity index is 518. The number of likely N-dealkylation sites (tertiary alicyclic amines) is 1. The van der Waals surface area contributed by atoms with Gasteiger partial charge >= 0.3 is 0 Å². The molecule has 0 bridgehead atoms. The van der Waals surface area contributed by atoms with Crippen LogP contribution in [0, 0.1) is 5.92 Å². The van der Waals surface area contributed by atoms with Crippen LogP contribution >= 0.6 is 0 Å². The number of oxime groups is 1. The Balaban J connectivity index is 1.75. The molecular formula is C18H27N3O2. The van der Waals surface area contributed by atoms with E-state index in [1.165, 1.54) is 0 Å². The smallest absolute Gasteiger partial charge is 0.239 e. The van der Waals surface area contributed by atoms with Crippen molar-refractivity contribution in [2.45, 2.75) is 45.8 Å². The summed E-state index contributed by atoms with van der Waals surface area (Å²) in [6, 6.07) is 9.58. The number of amides is 1. The van der Waals surface area contributed by atoms with Crippen LogP contribution in [-0.2, 0) is 16.2 Å². The second-order valence-electron chi connectivity index (χ2n) is 6.48. The lowest BCUT2D eigenvalue weighted by Crippen LogP contribution is -2.47. The van der Waals surface area contributed by atoms with Gasteiger partial charge in [-0.3, -0.25) is 4.79 Å². The highest BCUT2D eigenvalue weighted by Crippen LogP contribution is 2.12. The number of hydrogen-bond acceptors (Lipinski definition) is 4. The number of nitrogens with zero attached hydrogens (tertiary/aromatic N) is 2. The minimum Gasteiger partial charge on any atom is -0.391 e. The summed E-state index contributed by atoms with van der Waals surface area (Å²) in [5, 5.41) is 4.21. The summed E-state index contributed by atoms with van der Waals surface area (Å²) in [7, 11) is 0. The van der Waals surface area contributed by atoms with Crippen LogP contribution in [-0.4, -0.2) is 35.7 Å². The van der Waals surface area contributed by atoms with Crippen LogP contribution in [0.1, 0.15) is 38.7 Å². The molecule has 0 radical (unpaired) electrons. The van der Waals surface area contributed by atoms with Gasteiger partial charge in [0.1, 0.15) is 6.61 Å². The molecule has 0 aliphatic carbocycles. The Labute approximate surface area is 138 Å². The zero-order chi connectivity index (χ0) is 16.7. The molecule has 1 aliphatic heterocycles. The van der Waals surface area contributed by atoms with Crippen molar-refractivity contribution in [2.75, 3.05) is 13.1 Å². The lowest BCUT2D eigenvalue weighted by Gasteiger charge is -2.30. The molecule has 1 heterocycles. The molecule has 1 aliphatic rings. The second-order valence-corrected chi connectivity index (χ2v) is 6.48. The fourth-order valence-corrected chi connectivity index (χ4v) is 2.69. The highest BCUT2D eigenvalue weighted by Gasteiger charge is 2.25. The summed E-state index contributed by atoms with van der Waals surface area (Å²) in [6.45, 7) is 6.00. The first-order chi connectivity index (χ1) is 11.1. The first-order valence-electron chi connectivity index (χ1n) is 8.32. The molecule has 1 aromatic carbocycles. The molecule has 1 amide bonds. The van der Waals surface area contributed by atoms with E-state index in [9.17, 15) is 4.79 Å². The molecule has 23 heavy (non-hydrogen) atoms. The van der Waals surface area contributed by atoms with Crippen LogP contribution in [0.15, 0.2) is 35.5 Å². The lowest BCUT2D eigenvalue weighted by molar-refractivity contribution is -0.133. The minimum absolute atomic E-state index is 0.0583. The van der Waals surface area contributed by atoms with Gasteiger partial charge in [-0.2, -0.15) is 0 Å². The molecule has 1 saturated heterocycles. The number of rotatable bonds is 6. The number of piperidine rings is 1. The Hall–Kier alpha value is -1.88. The van der Waals surface area contributed by atoms with Gasteiger partial charge in [0.2, 0.25) is 5.91 Å². The summed E-state index contributed by atoms with van der Waals surface area (Å²) >= 11 is 0. The molecule has 2 rings (SSSR count). The SMILES string of the molecule is CC(C)CC(N)C(=O)N1CCC(=NOCc2ccccc2)CC1. The van der Waals surface area contributed by atoms with E-state index in [1.807, 2.05) is 35.2 Å². The number of carbonyl (C=O) groups is 1. The average Bonchev–Trinajstić information content (AvgIpc) is 2.55. The largest absolute Gasteiger partial charge is 0.391 e. The minimum atomic E-state index is -0.386. The van der Waals surface area contributed by atoms with Gasteiger partial charge in [-0.05, 0) is 17.9 Å². The molecule has 1 fully saturated rings. The maximum Gasteiger partial charge on any atom is 0.239 e. The van der Waals surface area contributed by atoms with Crippen LogP contribution in [0.25, 0.3) is 0 Å². The molecular weight excluding hydrogens is 290 g/mol. The van der Waals surface area contributed by atoms with Crippen molar-refractivity contribution in [2.24, 2.45) is 16.8 Å². The fraction of sp³-hybridized carbons (Fsp3) is 0.556. The summed E-state index contributed by atoms with van der Waals surface area (Å²) in [5.74, 6) is 0.491. The molecule has 0 spiro atoms. The van der Waals surface area contributed by atoms with E-state index in [2.05, 4.69) is 19.0 Å². The quantitative estimate of drug-likeness (QED) is 0.820. The van der Waals surface area contributed by atoms with Crippen LogP contribution < -0.4 is 5.73 Å². The molecule has 0 saturated carbocycles. The Morgan fingerprint density at radius 2 is 1.91 bits per heavy atom. The zero-order valence-corrected chi connectivity index (χ0v) is 14.1. The predicted octanol–water partition coefficient (Wildman–Crippen LogP) is 2.56. The standard InChI is InChI=1S/C18H27N3O2/c1-14(2)12-17(19)18(22)21-10-8-16(9-11-21)20-23-13-15-6-4-3-5-7-15/h3-7,14,17H,8-13,19H2,1-2H3. The van der Waals surface area contributed by atoms with Gasteiger partial charge in [0.15, 0.2) is 0 Å². The van der Waals surface area contributed by atoms with E-state index in [-0.39, 0.29) is 11.9 Å². The summed E-state index contributed by atoms with van der Waals surface area (Å²) < 4.78 is 0. The third-order valence-electron chi connectivity index (χ3n) is 3.96. The monoisotopic (exact) mass is 317 g/mol. The van der Waals surface area contributed by atoms with Gasteiger partial charge in [0.25, 0.3) is 0 Å². The van der Waals surface area contributed by atoms with E-state index in [1.54, 1.807) is 0 Å². The van der Waals surface area contributed by atoms with E-state index < -0.39 is 0 Å². The topological polar surface area (TPSA) is 67.9 Å². The normalized spacial score (nSPS) is 16.3. The molecule has 1 unspecified atom stereocenters. The van der Waals surface area contributed by atoms with Gasteiger partial charge in [-0.25, -0.2) is 0 Å². The number of hydrogen-bond donors (Lipinski definition) is 1. The Kier molecular flexibility index (Phi) is 6.59. The Morgan fingerprint density at radius 1 is 1.26 bits per heavy atom. The predicted molar refractivity (Wildman–Crippen MR) is 91.9 cm³/mol. The summed E-state index contributed by atoms with van der Waals surface area (Å²) in [5.41, 5.74) is 8.10. The lowest BCUT2D eigenvalue weighted by atomic mass is 10.0. The van der Waals surface area contributed by atoms with Crippen LogP contribution in [0.3, 0.4) is 0 Å². The van der Waals surface area contributed by atoms with Crippen molar-refractivity contribution in [1.29, 1.82) is 0 Å². The van der Waals surface area contributed by atoms with Crippen LogP contribution in [0.5, 0.6) is 0 Å². The van der Waals surface area contributed by atoms with Crippen LogP contribution in [0.4, 0.5) is 0 Å². The third kappa shape index (κ3) is 5.67. The highest BCUT2D eigenvalue weighted by molar-refractivity contribution is 5.88. The van der Waals surface area contributed by atoms with Gasteiger partial charge in [-0.15, -0.1) is 0 Å². The molecule has 1 aromatic rings. The number of nitrogens with two attached hydrogens (primary N) is 1. The fourth-order valence-electron chi connectivity index (χ4n) is 2.69. The second kappa shape index (κ2) is 8.67. The first-order valence-corrected chi connectivity index (χ1v) is 8.32. The van der Waals surface area contributed by atoms with Crippen molar-refractivity contribution in [3.8, 4) is 0 Å². The van der Waals surface area contributed by atoms with E-state index in [0.29, 0.717) is 25.6 Å². The van der Waals surface area contributed by atoms with Crippen LogP contribution in [0.2, 0.25) is 0 Å². The summed E-state index contributed by atoms with van der Waals surface area (Å²) in [4.78, 5) is 19.5. The number of benzene rings is 1. The molecule has 1 atom stereocenters. The zero-order valence-electron chi connectivity index (χ0n) is 14.1. The van der Waals surface area contributed by atoms with Crippen molar-refractivity contribution in [1.82, 2.24) is 4.90 Å². The van der Waals surface area contributed by atoms with Gasteiger partial charge in [-0.1, -0.05) is 49.3 Å². The van der Waals surface area contributed by atoms with Gasteiger partial charge in [0, 0.05) is 25.9 Å². The summed E-state index contributed by atoms with van der Waals surface area (Å²) in [6.07, 6.45) is 2.25. The first kappa shape index (κ1) is 17.5. The van der Waals surface area contributed by atoms with E-state index in [4.69, 9.17) is 10.6 Å². The van der Waals surface area contributed by atoms with Crippen molar-refractivity contribution >= 4 is 11.6 Å². The maximum absolute atomic E-state index is 12.3. The van der Waals surface area contributed by atoms with Crippen molar-refractivity contribution in [3.63, 3.8) is 0 Å². The molecule has 5 heteroatoms. The molecule has 5 nitrogen and oxygen atoms in total. The van der Waals surface area contributed by atoms with Gasteiger partial charge in [0.05, 0.1) is 11.8 Å². The Morgan fingerprint density at radius 3 is 2.52 bits per heavy atom. The average molecular weight is 317 g/mol. The molecule has 2 N–H and O–H groups in total. The molecule has 126 valence electrons. The highest BCUT2D eigenvalue weighted by atomic mass is 16.6. The van der Waals surface area contributed by atoms with E-state index >= 15 is 0 Å². The van der Waals surface area contributed by atoms with Gasteiger partial charge < -0.3 is 15.5 Å².